The maximum atomic E-state index is 12.3. The van der Waals surface area contributed by atoms with Gasteiger partial charge in [0.05, 0.1) is 22.8 Å². The lowest BCUT2D eigenvalue weighted by atomic mass is 10.2. The lowest BCUT2D eigenvalue weighted by molar-refractivity contribution is 0.101. The topological polar surface area (TPSA) is 107 Å². The summed E-state index contributed by atoms with van der Waals surface area (Å²) in [6.07, 6.45) is 1.40. The standard InChI is InChI=1S/C17H13N5O3/c1-9-7-11(10(2)24-9)16-21-22-17(25-16)20-15(23)14-8-18-12-5-3-4-6-13(12)19-14/h3-8H,1-2H3,(H,20,22,23). The van der Waals surface area contributed by atoms with E-state index in [0.29, 0.717) is 22.4 Å². The van der Waals surface area contributed by atoms with E-state index in [-0.39, 0.29) is 17.6 Å². The summed E-state index contributed by atoms with van der Waals surface area (Å²) < 4.78 is 10.9. The van der Waals surface area contributed by atoms with Crippen LogP contribution < -0.4 is 5.32 Å². The minimum atomic E-state index is -0.478. The van der Waals surface area contributed by atoms with Crippen molar-refractivity contribution in [2.75, 3.05) is 5.32 Å². The molecule has 8 nitrogen and oxygen atoms in total. The second-order valence-corrected chi connectivity index (χ2v) is 5.44. The normalized spacial score (nSPS) is 11.0. The molecule has 1 N–H and O–H groups in total. The lowest BCUT2D eigenvalue weighted by Crippen LogP contribution is -2.14. The zero-order chi connectivity index (χ0) is 17.4. The van der Waals surface area contributed by atoms with E-state index < -0.39 is 5.91 Å². The van der Waals surface area contributed by atoms with E-state index in [0.717, 1.165) is 5.76 Å². The maximum absolute atomic E-state index is 12.3. The fraction of sp³-hybridized carbons (Fsp3) is 0.118. The molecule has 4 aromatic rings. The first-order valence-electron chi connectivity index (χ1n) is 7.54. The highest BCUT2D eigenvalue weighted by Gasteiger charge is 2.17. The van der Waals surface area contributed by atoms with E-state index >= 15 is 0 Å². The van der Waals surface area contributed by atoms with Crippen LogP contribution >= 0.6 is 0 Å². The number of hydrogen-bond donors (Lipinski definition) is 1. The first kappa shape index (κ1) is 15.0. The molecule has 25 heavy (non-hydrogen) atoms. The number of anilines is 1. The number of para-hydroxylation sites is 2. The Bertz CT molecular complexity index is 1080. The van der Waals surface area contributed by atoms with Gasteiger partial charge in [0.2, 0.25) is 0 Å². The molecule has 124 valence electrons. The van der Waals surface area contributed by atoms with Gasteiger partial charge in [-0.2, -0.15) is 0 Å². The Balaban J connectivity index is 1.57. The summed E-state index contributed by atoms with van der Waals surface area (Å²) >= 11 is 0. The predicted octanol–water partition coefficient (Wildman–Crippen LogP) is 3.14. The highest BCUT2D eigenvalue weighted by atomic mass is 16.4. The predicted molar refractivity (Wildman–Crippen MR) is 89.0 cm³/mol. The molecule has 0 unspecified atom stereocenters. The monoisotopic (exact) mass is 335 g/mol. The van der Waals surface area contributed by atoms with Gasteiger partial charge in [0, 0.05) is 0 Å². The highest BCUT2D eigenvalue weighted by molar-refractivity contribution is 6.02. The SMILES string of the molecule is Cc1cc(-c2nnc(NC(=O)c3cnc4ccccc4n3)o2)c(C)o1. The van der Waals surface area contributed by atoms with Crippen molar-refractivity contribution in [3.63, 3.8) is 0 Å². The molecule has 0 atom stereocenters. The molecule has 0 saturated heterocycles. The van der Waals surface area contributed by atoms with Gasteiger partial charge in [-0.15, -0.1) is 5.10 Å². The van der Waals surface area contributed by atoms with Crippen LogP contribution in [0.1, 0.15) is 22.0 Å². The Kier molecular flexibility index (Phi) is 3.50. The smallest absolute Gasteiger partial charge is 0.322 e. The van der Waals surface area contributed by atoms with Crippen molar-refractivity contribution in [3.05, 3.63) is 53.7 Å². The maximum Gasteiger partial charge on any atom is 0.322 e. The molecule has 0 aliphatic heterocycles. The van der Waals surface area contributed by atoms with E-state index in [4.69, 9.17) is 8.83 Å². The van der Waals surface area contributed by atoms with Crippen LogP contribution in [0.3, 0.4) is 0 Å². The zero-order valence-electron chi connectivity index (χ0n) is 13.5. The van der Waals surface area contributed by atoms with Gasteiger partial charge in [-0.05, 0) is 32.0 Å². The van der Waals surface area contributed by atoms with Crippen LogP contribution in [-0.4, -0.2) is 26.1 Å². The number of rotatable bonds is 3. The molecular weight excluding hydrogens is 322 g/mol. The first-order chi connectivity index (χ1) is 12.1. The Morgan fingerprint density at radius 3 is 2.64 bits per heavy atom. The number of carbonyl (C=O) groups is 1. The third-order valence-corrected chi connectivity index (χ3v) is 3.60. The fourth-order valence-corrected chi connectivity index (χ4v) is 2.45. The zero-order valence-corrected chi connectivity index (χ0v) is 13.5. The molecule has 3 aromatic heterocycles. The lowest BCUT2D eigenvalue weighted by Gasteiger charge is -2.01. The number of amides is 1. The highest BCUT2D eigenvalue weighted by Crippen LogP contribution is 2.26. The summed E-state index contributed by atoms with van der Waals surface area (Å²) in [5.41, 5.74) is 2.19. The average molecular weight is 335 g/mol. The number of benzene rings is 1. The first-order valence-corrected chi connectivity index (χ1v) is 7.54. The summed E-state index contributed by atoms with van der Waals surface area (Å²) in [7, 11) is 0. The van der Waals surface area contributed by atoms with Crippen molar-refractivity contribution in [3.8, 4) is 11.5 Å². The van der Waals surface area contributed by atoms with E-state index in [1.165, 1.54) is 6.20 Å². The van der Waals surface area contributed by atoms with Gasteiger partial charge in [-0.3, -0.25) is 15.1 Å². The van der Waals surface area contributed by atoms with Gasteiger partial charge >= 0.3 is 6.01 Å². The van der Waals surface area contributed by atoms with E-state index in [1.54, 1.807) is 19.1 Å². The van der Waals surface area contributed by atoms with E-state index in [9.17, 15) is 4.79 Å². The molecule has 0 aliphatic rings. The molecule has 0 bridgehead atoms. The second-order valence-electron chi connectivity index (χ2n) is 5.44. The molecule has 0 spiro atoms. The van der Waals surface area contributed by atoms with Gasteiger partial charge in [0.25, 0.3) is 11.8 Å². The molecule has 0 radical (unpaired) electrons. The molecule has 8 heteroatoms. The summed E-state index contributed by atoms with van der Waals surface area (Å²) in [5, 5.41) is 10.3. The van der Waals surface area contributed by atoms with Crippen molar-refractivity contribution in [2.24, 2.45) is 0 Å². The number of aryl methyl sites for hydroxylation is 2. The average Bonchev–Trinajstić information content (AvgIpc) is 3.20. The summed E-state index contributed by atoms with van der Waals surface area (Å²) in [6.45, 7) is 3.63. The summed E-state index contributed by atoms with van der Waals surface area (Å²) in [6, 6.07) is 9.07. The van der Waals surface area contributed by atoms with Gasteiger partial charge < -0.3 is 8.83 Å². The molecule has 0 saturated carbocycles. The second kappa shape index (κ2) is 5.82. The van der Waals surface area contributed by atoms with Crippen molar-refractivity contribution >= 4 is 23.0 Å². The number of furan rings is 1. The Hall–Kier alpha value is -3.55. The van der Waals surface area contributed by atoms with Crippen molar-refractivity contribution in [1.29, 1.82) is 0 Å². The van der Waals surface area contributed by atoms with Crippen molar-refractivity contribution < 1.29 is 13.6 Å². The molecule has 0 fully saturated rings. The minimum Gasteiger partial charge on any atom is -0.466 e. The Morgan fingerprint density at radius 2 is 1.88 bits per heavy atom. The fourth-order valence-electron chi connectivity index (χ4n) is 2.45. The Labute approximate surface area is 141 Å². The van der Waals surface area contributed by atoms with E-state index in [1.807, 2.05) is 25.1 Å². The van der Waals surface area contributed by atoms with Gasteiger partial charge in [-0.25, -0.2) is 4.98 Å². The number of fused-ring (bicyclic) bond motifs is 1. The third-order valence-electron chi connectivity index (χ3n) is 3.60. The molecular formula is C17H13N5O3. The summed E-state index contributed by atoms with van der Waals surface area (Å²) in [5.74, 6) is 1.20. The van der Waals surface area contributed by atoms with Crippen LogP contribution in [-0.2, 0) is 0 Å². The minimum absolute atomic E-state index is 0.0202. The van der Waals surface area contributed by atoms with Gasteiger partial charge in [0.15, 0.2) is 0 Å². The summed E-state index contributed by atoms with van der Waals surface area (Å²) in [4.78, 5) is 20.8. The quantitative estimate of drug-likeness (QED) is 0.613. The van der Waals surface area contributed by atoms with Crippen molar-refractivity contribution in [1.82, 2.24) is 20.2 Å². The van der Waals surface area contributed by atoms with E-state index in [2.05, 4.69) is 25.5 Å². The van der Waals surface area contributed by atoms with Gasteiger partial charge in [-0.1, -0.05) is 17.2 Å². The van der Waals surface area contributed by atoms with Crippen LogP contribution in [0.5, 0.6) is 0 Å². The number of nitrogens with one attached hydrogen (secondary N) is 1. The van der Waals surface area contributed by atoms with Crippen molar-refractivity contribution in [2.45, 2.75) is 13.8 Å². The number of nitrogens with zero attached hydrogens (tertiary/aromatic N) is 4. The molecule has 1 aromatic carbocycles. The molecule has 0 aliphatic carbocycles. The Morgan fingerprint density at radius 1 is 1.08 bits per heavy atom. The third kappa shape index (κ3) is 2.85. The number of carbonyl (C=O) groups excluding carboxylic acids is 1. The number of aromatic nitrogens is 4. The van der Waals surface area contributed by atoms with Crippen LogP contribution in [0.15, 0.2) is 45.4 Å². The van der Waals surface area contributed by atoms with Gasteiger partial charge in [0.1, 0.15) is 17.2 Å². The van der Waals surface area contributed by atoms with Crippen LogP contribution in [0.2, 0.25) is 0 Å². The van der Waals surface area contributed by atoms with Crippen LogP contribution in [0, 0.1) is 13.8 Å². The molecule has 3 heterocycles. The molecule has 4 rings (SSSR count). The number of hydrogen-bond acceptors (Lipinski definition) is 7. The van der Waals surface area contributed by atoms with Crippen LogP contribution in [0.4, 0.5) is 6.01 Å². The molecule has 1 amide bonds. The largest absolute Gasteiger partial charge is 0.466 e. The van der Waals surface area contributed by atoms with Crippen LogP contribution in [0.25, 0.3) is 22.5 Å².